The lowest BCUT2D eigenvalue weighted by atomic mass is 10.0. The van der Waals surface area contributed by atoms with Gasteiger partial charge in [-0.1, -0.05) is 24.3 Å². The number of nitrogens with zero attached hydrogens (tertiary/aromatic N) is 3. The summed E-state index contributed by atoms with van der Waals surface area (Å²) in [6.07, 6.45) is 1.31. The lowest BCUT2D eigenvalue weighted by Crippen LogP contribution is -2.19. The third-order valence-electron chi connectivity index (χ3n) is 3.53. The molecule has 3 aromatic rings. The van der Waals surface area contributed by atoms with E-state index in [1.54, 1.807) is 13.0 Å². The Morgan fingerprint density at radius 1 is 1.17 bits per heavy atom. The Hall–Kier alpha value is -3.02. The molecule has 6 heteroatoms. The second kappa shape index (κ2) is 6.00. The van der Waals surface area contributed by atoms with E-state index >= 15 is 0 Å². The van der Waals surface area contributed by atoms with Gasteiger partial charge in [0.05, 0.1) is 12.6 Å². The highest BCUT2D eigenvalue weighted by atomic mass is 19.1. The molecule has 0 atom stereocenters. The molecule has 23 heavy (non-hydrogen) atoms. The Balaban J connectivity index is 1.86. The Morgan fingerprint density at radius 3 is 2.57 bits per heavy atom. The standard InChI is InChI=1S/C17H14FN3O2/c1-11-14(6-7-15(18)20-11)13-4-2-12(3-5-13)9-21-10-19-16(22)8-17(21)23/h2-8,10,22H,9H2,1H3. The molecule has 0 amide bonds. The Morgan fingerprint density at radius 2 is 1.91 bits per heavy atom. The molecule has 1 aromatic carbocycles. The van der Waals surface area contributed by atoms with Crippen LogP contribution in [0.5, 0.6) is 5.88 Å². The third-order valence-corrected chi connectivity index (χ3v) is 3.53. The van der Waals surface area contributed by atoms with Crippen molar-refractivity contribution in [3.8, 4) is 17.0 Å². The van der Waals surface area contributed by atoms with Crippen LogP contribution in [0.4, 0.5) is 4.39 Å². The quantitative estimate of drug-likeness (QED) is 0.755. The molecule has 0 aliphatic carbocycles. The van der Waals surface area contributed by atoms with Crippen LogP contribution in [0.25, 0.3) is 11.1 Å². The van der Waals surface area contributed by atoms with Crippen molar-refractivity contribution in [2.24, 2.45) is 0 Å². The van der Waals surface area contributed by atoms with Crippen LogP contribution < -0.4 is 5.56 Å². The largest absolute Gasteiger partial charge is 0.493 e. The highest BCUT2D eigenvalue weighted by Crippen LogP contribution is 2.22. The van der Waals surface area contributed by atoms with Crippen molar-refractivity contribution in [1.29, 1.82) is 0 Å². The van der Waals surface area contributed by atoms with Gasteiger partial charge in [0.25, 0.3) is 5.56 Å². The molecule has 0 bridgehead atoms. The van der Waals surface area contributed by atoms with E-state index in [1.807, 2.05) is 24.3 Å². The number of aromatic nitrogens is 3. The van der Waals surface area contributed by atoms with Crippen LogP contribution in [0.2, 0.25) is 0 Å². The van der Waals surface area contributed by atoms with E-state index in [0.29, 0.717) is 12.2 Å². The van der Waals surface area contributed by atoms with Gasteiger partial charge in [-0.2, -0.15) is 4.39 Å². The van der Waals surface area contributed by atoms with E-state index < -0.39 is 5.95 Å². The Kier molecular flexibility index (Phi) is 3.89. The van der Waals surface area contributed by atoms with Crippen LogP contribution in [0, 0.1) is 12.9 Å². The fraction of sp³-hybridized carbons (Fsp3) is 0.118. The summed E-state index contributed by atoms with van der Waals surface area (Å²) in [4.78, 5) is 19.2. The molecule has 0 unspecified atom stereocenters. The molecule has 5 nitrogen and oxygen atoms in total. The molecule has 116 valence electrons. The van der Waals surface area contributed by atoms with Crippen molar-refractivity contribution in [3.05, 3.63) is 76.4 Å². The average molecular weight is 311 g/mol. The highest BCUT2D eigenvalue weighted by molar-refractivity contribution is 5.65. The van der Waals surface area contributed by atoms with Crippen molar-refractivity contribution >= 4 is 0 Å². The van der Waals surface area contributed by atoms with Gasteiger partial charge in [0.1, 0.15) is 6.33 Å². The second-order valence-corrected chi connectivity index (χ2v) is 5.18. The van der Waals surface area contributed by atoms with Gasteiger partial charge in [-0.25, -0.2) is 9.97 Å². The van der Waals surface area contributed by atoms with Gasteiger partial charge < -0.3 is 5.11 Å². The van der Waals surface area contributed by atoms with E-state index in [4.69, 9.17) is 5.11 Å². The van der Waals surface area contributed by atoms with E-state index in [-0.39, 0.29) is 11.4 Å². The Labute approximate surface area is 131 Å². The zero-order chi connectivity index (χ0) is 16.4. The smallest absolute Gasteiger partial charge is 0.257 e. The first-order valence-electron chi connectivity index (χ1n) is 7.01. The molecule has 0 radical (unpaired) electrons. The molecule has 1 N–H and O–H groups in total. The maximum Gasteiger partial charge on any atom is 0.257 e. The van der Waals surface area contributed by atoms with Gasteiger partial charge in [0.2, 0.25) is 11.8 Å². The van der Waals surface area contributed by atoms with E-state index in [0.717, 1.165) is 22.8 Å². The van der Waals surface area contributed by atoms with Crippen LogP contribution in [0.15, 0.2) is 53.6 Å². The topological polar surface area (TPSA) is 68.0 Å². The fourth-order valence-corrected chi connectivity index (χ4v) is 2.36. The van der Waals surface area contributed by atoms with E-state index in [1.165, 1.54) is 17.0 Å². The van der Waals surface area contributed by atoms with Crippen molar-refractivity contribution < 1.29 is 9.50 Å². The molecule has 0 fully saturated rings. The first kappa shape index (κ1) is 14.9. The van der Waals surface area contributed by atoms with Gasteiger partial charge in [-0.05, 0) is 30.2 Å². The molecule has 0 spiro atoms. The maximum atomic E-state index is 13.1. The van der Waals surface area contributed by atoms with Gasteiger partial charge in [-0.15, -0.1) is 0 Å². The Bertz CT molecular complexity index is 904. The summed E-state index contributed by atoms with van der Waals surface area (Å²) < 4.78 is 14.5. The van der Waals surface area contributed by atoms with Crippen molar-refractivity contribution in [3.63, 3.8) is 0 Å². The minimum Gasteiger partial charge on any atom is -0.493 e. The highest BCUT2D eigenvalue weighted by Gasteiger charge is 2.05. The zero-order valence-corrected chi connectivity index (χ0v) is 12.4. The van der Waals surface area contributed by atoms with Crippen LogP contribution in [-0.4, -0.2) is 19.6 Å². The molecular weight excluding hydrogens is 297 g/mol. The molecule has 0 aliphatic heterocycles. The van der Waals surface area contributed by atoms with E-state index in [9.17, 15) is 9.18 Å². The number of rotatable bonds is 3. The summed E-state index contributed by atoms with van der Waals surface area (Å²) >= 11 is 0. The second-order valence-electron chi connectivity index (χ2n) is 5.18. The SMILES string of the molecule is Cc1nc(F)ccc1-c1ccc(Cn2cnc(O)cc2=O)cc1. The van der Waals surface area contributed by atoms with Crippen molar-refractivity contribution in [2.45, 2.75) is 13.5 Å². The first-order chi connectivity index (χ1) is 11.0. The number of aryl methyl sites for hydroxylation is 1. The summed E-state index contributed by atoms with van der Waals surface area (Å²) in [5.74, 6) is -0.789. The van der Waals surface area contributed by atoms with Gasteiger partial charge >= 0.3 is 0 Å². The molecule has 2 heterocycles. The molecular formula is C17H14FN3O2. The van der Waals surface area contributed by atoms with E-state index in [2.05, 4.69) is 9.97 Å². The van der Waals surface area contributed by atoms with Crippen LogP contribution in [0.1, 0.15) is 11.3 Å². The fourth-order valence-electron chi connectivity index (χ4n) is 2.36. The third kappa shape index (κ3) is 3.26. The number of halogens is 1. The number of hydrogen-bond donors (Lipinski definition) is 1. The lowest BCUT2D eigenvalue weighted by molar-refractivity contribution is 0.446. The van der Waals surface area contributed by atoms with Gasteiger partial charge in [-0.3, -0.25) is 9.36 Å². The van der Waals surface area contributed by atoms with Crippen molar-refractivity contribution in [2.75, 3.05) is 0 Å². The summed E-state index contributed by atoms with van der Waals surface area (Å²) in [6.45, 7) is 2.11. The summed E-state index contributed by atoms with van der Waals surface area (Å²) in [6, 6.07) is 11.7. The number of hydrogen-bond acceptors (Lipinski definition) is 4. The number of pyridine rings is 1. The van der Waals surface area contributed by atoms with Gasteiger partial charge in [0, 0.05) is 11.3 Å². The first-order valence-corrected chi connectivity index (χ1v) is 7.01. The minimum absolute atomic E-state index is 0.291. The zero-order valence-electron chi connectivity index (χ0n) is 12.4. The summed E-state index contributed by atoms with van der Waals surface area (Å²) in [7, 11) is 0. The van der Waals surface area contributed by atoms with Crippen LogP contribution in [-0.2, 0) is 6.54 Å². The average Bonchev–Trinajstić information content (AvgIpc) is 2.51. The minimum atomic E-state index is -0.498. The molecule has 3 rings (SSSR count). The lowest BCUT2D eigenvalue weighted by Gasteiger charge is -2.08. The maximum absolute atomic E-state index is 13.1. The van der Waals surface area contributed by atoms with Crippen molar-refractivity contribution in [1.82, 2.24) is 14.5 Å². The monoisotopic (exact) mass is 311 g/mol. The molecule has 2 aromatic heterocycles. The molecule has 0 saturated heterocycles. The van der Waals surface area contributed by atoms with Gasteiger partial charge in [0.15, 0.2) is 0 Å². The normalized spacial score (nSPS) is 10.7. The summed E-state index contributed by atoms with van der Waals surface area (Å²) in [5, 5.41) is 9.15. The molecule has 0 saturated carbocycles. The van der Waals surface area contributed by atoms with Crippen LogP contribution >= 0.6 is 0 Å². The number of benzene rings is 1. The number of aromatic hydroxyl groups is 1. The molecule has 0 aliphatic rings. The van der Waals surface area contributed by atoms with Crippen LogP contribution in [0.3, 0.4) is 0 Å². The predicted octanol–water partition coefficient (Wildman–Crippen LogP) is 2.51. The summed E-state index contributed by atoms with van der Waals surface area (Å²) in [5.41, 5.74) is 3.00. The predicted molar refractivity (Wildman–Crippen MR) is 83.6 cm³/mol.